The van der Waals surface area contributed by atoms with E-state index in [4.69, 9.17) is 9.47 Å². The van der Waals surface area contributed by atoms with E-state index in [1.54, 1.807) is 0 Å². The summed E-state index contributed by atoms with van der Waals surface area (Å²) in [6.07, 6.45) is 11.4. The highest BCUT2D eigenvalue weighted by Crippen LogP contribution is 2.57. The van der Waals surface area contributed by atoms with Gasteiger partial charge in [-0.1, -0.05) is 19.8 Å². The van der Waals surface area contributed by atoms with E-state index in [2.05, 4.69) is 25.9 Å². The lowest BCUT2D eigenvalue weighted by Crippen LogP contribution is -2.66. The largest absolute Gasteiger partial charge is 0.379 e. The molecule has 0 heterocycles. The lowest BCUT2D eigenvalue weighted by Gasteiger charge is -2.61. The maximum Gasteiger partial charge on any atom is 0.0881 e. The Labute approximate surface area is 143 Å². The van der Waals surface area contributed by atoms with Crippen molar-refractivity contribution in [2.45, 2.75) is 76.0 Å². The summed E-state index contributed by atoms with van der Waals surface area (Å²) in [6.45, 7) is 2.37. The molecule has 3 nitrogen and oxygen atoms in total. The van der Waals surface area contributed by atoms with Crippen LogP contribution >= 0.6 is 0 Å². The summed E-state index contributed by atoms with van der Waals surface area (Å²) in [7, 11) is 8.37. The molecule has 0 aromatic heterocycles. The fourth-order valence-corrected chi connectivity index (χ4v) is 6.49. The van der Waals surface area contributed by atoms with Crippen LogP contribution in [0.3, 0.4) is 0 Å². The van der Waals surface area contributed by atoms with Crippen LogP contribution in [0.5, 0.6) is 0 Å². The van der Waals surface area contributed by atoms with Gasteiger partial charge in [-0.15, -0.1) is 0 Å². The van der Waals surface area contributed by atoms with Crippen LogP contribution in [0.15, 0.2) is 0 Å². The van der Waals surface area contributed by atoms with Gasteiger partial charge in [0.25, 0.3) is 0 Å². The summed E-state index contributed by atoms with van der Waals surface area (Å²) in [5, 5.41) is 0. The standard InChI is InChI=1S/C20H37NO2/c1-6-14-7-8-16-15(13-14)9-11-20(21(2)3)12-10-17(22-4)19(23-5)18(16)20/h14-19H,6-13H2,1-5H3/t14-,15-,16+,17-,18+,19-,20-/m1/s1. The molecule has 0 spiro atoms. The second-order valence-electron chi connectivity index (χ2n) is 8.59. The average Bonchev–Trinajstić information content (AvgIpc) is 2.59. The van der Waals surface area contributed by atoms with Crippen molar-refractivity contribution in [3.63, 3.8) is 0 Å². The lowest BCUT2D eigenvalue weighted by molar-refractivity contribution is -0.183. The highest BCUT2D eigenvalue weighted by molar-refractivity contribution is 5.10. The molecule has 0 aromatic carbocycles. The molecule has 0 amide bonds. The van der Waals surface area contributed by atoms with Gasteiger partial charge in [0.15, 0.2) is 0 Å². The van der Waals surface area contributed by atoms with Gasteiger partial charge < -0.3 is 14.4 Å². The molecule has 7 atom stereocenters. The molecule has 0 N–H and O–H groups in total. The topological polar surface area (TPSA) is 21.7 Å². The molecule has 3 fully saturated rings. The van der Waals surface area contributed by atoms with E-state index in [9.17, 15) is 0 Å². The van der Waals surface area contributed by atoms with Gasteiger partial charge in [-0.05, 0) is 70.4 Å². The Morgan fingerprint density at radius 1 is 1.00 bits per heavy atom. The average molecular weight is 324 g/mol. The fourth-order valence-electron chi connectivity index (χ4n) is 6.49. The van der Waals surface area contributed by atoms with Gasteiger partial charge >= 0.3 is 0 Å². The highest BCUT2D eigenvalue weighted by Gasteiger charge is 2.58. The van der Waals surface area contributed by atoms with E-state index in [1.165, 1.54) is 44.9 Å². The molecule has 0 radical (unpaired) electrons. The van der Waals surface area contributed by atoms with Gasteiger partial charge in [0.05, 0.1) is 12.2 Å². The van der Waals surface area contributed by atoms with Crippen LogP contribution in [-0.4, -0.2) is 51.0 Å². The molecule has 0 unspecified atom stereocenters. The molecule has 0 aromatic rings. The van der Waals surface area contributed by atoms with Crippen LogP contribution in [0, 0.1) is 23.7 Å². The maximum atomic E-state index is 6.09. The summed E-state index contributed by atoms with van der Waals surface area (Å²) in [4.78, 5) is 2.54. The minimum atomic E-state index is 0.266. The molecule has 23 heavy (non-hydrogen) atoms. The first kappa shape index (κ1) is 17.7. The van der Waals surface area contributed by atoms with E-state index in [1.807, 2.05) is 14.2 Å². The Morgan fingerprint density at radius 3 is 2.35 bits per heavy atom. The quantitative estimate of drug-likeness (QED) is 0.781. The number of hydrogen-bond donors (Lipinski definition) is 0. The van der Waals surface area contributed by atoms with Crippen LogP contribution in [-0.2, 0) is 9.47 Å². The van der Waals surface area contributed by atoms with Crippen molar-refractivity contribution in [1.82, 2.24) is 4.90 Å². The first-order chi connectivity index (χ1) is 11.1. The lowest BCUT2D eigenvalue weighted by atomic mass is 9.51. The Balaban J connectivity index is 1.91. The number of rotatable bonds is 4. The second kappa shape index (κ2) is 7.01. The van der Waals surface area contributed by atoms with Gasteiger partial charge in [-0.25, -0.2) is 0 Å². The third-order valence-corrected chi connectivity index (χ3v) is 7.80. The fraction of sp³-hybridized carbons (Fsp3) is 1.00. The Bertz CT molecular complexity index is 399. The maximum absolute atomic E-state index is 6.09. The van der Waals surface area contributed by atoms with Gasteiger partial charge in [-0.2, -0.15) is 0 Å². The predicted molar refractivity (Wildman–Crippen MR) is 94.6 cm³/mol. The van der Waals surface area contributed by atoms with Gasteiger partial charge in [0, 0.05) is 25.7 Å². The van der Waals surface area contributed by atoms with Crippen LogP contribution in [0.25, 0.3) is 0 Å². The first-order valence-electron chi connectivity index (χ1n) is 9.80. The number of nitrogens with zero attached hydrogens (tertiary/aromatic N) is 1. The van der Waals surface area contributed by atoms with E-state index < -0.39 is 0 Å². The normalized spacial score (nSPS) is 47.2. The molecule has 3 aliphatic carbocycles. The van der Waals surface area contributed by atoms with E-state index in [0.717, 1.165) is 24.2 Å². The molecule has 134 valence electrons. The third-order valence-electron chi connectivity index (χ3n) is 7.80. The van der Waals surface area contributed by atoms with E-state index in [0.29, 0.717) is 11.5 Å². The minimum Gasteiger partial charge on any atom is -0.379 e. The van der Waals surface area contributed by atoms with Crippen molar-refractivity contribution in [3.8, 4) is 0 Å². The molecule has 0 aliphatic heterocycles. The van der Waals surface area contributed by atoms with Crippen LogP contribution < -0.4 is 0 Å². The van der Waals surface area contributed by atoms with Gasteiger partial charge in [0.1, 0.15) is 0 Å². The van der Waals surface area contributed by atoms with Crippen LogP contribution in [0.4, 0.5) is 0 Å². The second-order valence-corrected chi connectivity index (χ2v) is 8.59. The zero-order valence-corrected chi connectivity index (χ0v) is 15.9. The first-order valence-corrected chi connectivity index (χ1v) is 9.80. The van der Waals surface area contributed by atoms with Gasteiger partial charge in [0.2, 0.25) is 0 Å². The number of ether oxygens (including phenoxy) is 2. The zero-order valence-electron chi connectivity index (χ0n) is 15.9. The summed E-state index contributed by atoms with van der Waals surface area (Å²) in [5.41, 5.74) is 0.329. The van der Waals surface area contributed by atoms with Crippen molar-refractivity contribution < 1.29 is 9.47 Å². The smallest absolute Gasteiger partial charge is 0.0881 e. The SMILES string of the molecule is CC[C@@H]1CC[C@H]2[C@H](CC[C@@]3(N(C)C)CC[C@@H](OC)[C@@H](OC)[C@H]23)C1. The van der Waals surface area contributed by atoms with Crippen LogP contribution in [0.2, 0.25) is 0 Å². The Kier molecular flexibility index (Phi) is 5.40. The third kappa shape index (κ3) is 2.87. The number of fused-ring (bicyclic) bond motifs is 3. The summed E-state index contributed by atoms with van der Waals surface area (Å²) in [5.74, 6) is 3.35. The summed E-state index contributed by atoms with van der Waals surface area (Å²) < 4.78 is 11.9. The van der Waals surface area contributed by atoms with E-state index >= 15 is 0 Å². The van der Waals surface area contributed by atoms with Crippen molar-refractivity contribution >= 4 is 0 Å². The van der Waals surface area contributed by atoms with Gasteiger partial charge in [-0.3, -0.25) is 0 Å². The zero-order chi connectivity index (χ0) is 16.6. The van der Waals surface area contributed by atoms with Crippen molar-refractivity contribution in [1.29, 1.82) is 0 Å². The van der Waals surface area contributed by atoms with Crippen molar-refractivity contribution in [3.05, 3.63) is 0 Å². The molecule has 3 saturated carbocycles. The number of methoxy groups -OCH3 is 2. The Morgan fingerprint density at radius 2 is 1.74 bits per heavy atom. The monoisotopic (exact) mass is 323 g/mol. The Hall–Kier alpha value is -0.120. The number of hydrogen-bond acceptors (Lipinski definition) is 3. The molecule has 3 aliphatic rings. The highest BCUT2D eigenvalue weighted by atomic mass is 16.5. The van der Waals surface area contributed by atoms with Crippen LogP contribution in [0.1, 0.15) is 58.3 Å². The molecule has 0 saturated heterocycles. The molecule has 0 bridgehead atoms. The molecular weight excluding hydrogens is 286 g/mol. The molecule has 3 heteroatoms. The van der Waals surface area contributed by atoms with Crippen molar-refractivity contribution in [2.24, 2.45) is 23.7 Å². The van der Waals surface area contributed by atoms with E-state index in [-0.39, 0.29) is 12.2 Å². The molecular formula is C20H37NO2. The minimum absolute atomic E-state index is 0.266. The predicted octanol–water partition coefficient (Wildman–Crippen LogP) is 3.96. The summed E-state index contributed by atoms with van der Waals surface area (Å²) in [6, 6.07) is 0. The summed E-state index contributed by atoms with van der Waals surface area (Å²) >= 11 is 0. The molecule has 3 rings (SSSR count). The van der Waals surface area contributed by atoms with Crippen molar-refractivity contribution in [2.75, 3.05) is 28.3 Å².